The van der Waals surface area contributed by atoms with Crippen LogP contribution in [-0.4, -0.2) is 29.5 Å². The number of ketones is 1. The van der Waals surface area contributed by atoms with Gasteiger partial charge in [0.15, 0.2) is 5.78 Å². The van der Waals surface area contributed by atoms with E-state index >= 15 is 0 Å². The quantitative estimate of drug-likeness (QED) is 0.549. The van der Waals surface area contributed by atoms with Crippen LogP contribution in [0, 0.1) is 5.92 Å². The van der Waals surface area contributed by atoms with E-state index in [1.165, 1.54) is 0 Å². The average Bonchev–Trinajstić information content (AvgIpc) is 3.03. The minimum absolute atomic E-state index is 0.0684. The first kappa shape index (κ1) is 15.2. The van der Waals surface area contributed by atoms with E-state index < -0.39 is 0 Å². The molecule has 0 fully saturated rings. The van der Waals surface area contributed by atoms with Gasteiger partial charge in [-0.2, -0.15) is 0 Å². The van der Waals surface area contributed by atoms with E-state index in [4.69, 9.17) is 9.47 Å². The molecule has 0 saturated heterocycles. The smallest absolute Gasteiger partial charge is 0.171 e. The number of pyridine rings is 1. The Morgan fingerprint density at radius 1 is 1.42 bits per heavy atom. The number of rotatable bonds is 3. The molecule has 0 bridgehead atoms. The molecule has 1 aliphatic rings. The van der Waals surface area contributed by atoms with Crippen molar-refractivity contribution in [1.82, 2.24) is 9.97 Å². The number of ether oxygens (including phenoxy) is 2. The number of nitrogens with zero attached hydrogens (tertiary/aromatic N) is 1. The van der Waals surface area contributed by atoms with Gasteiger partial charge in [0.2, 0.25) is 0 Å². The summed E-state index contributed by atoms with van der Waals surface area (Å²) in [5.41, 5.74) is 2.55. The third-order valence-corrected chi connectivity index (χ3v) is 4.78. The minimum atomic E-state index is -0.216. The summed E-state index contributed by atoms with van der Waals surface area (Å²) < 4.78 is 11.8. The lowest BCUT2D eigenvalue weighted by atomic mass is 9.90. The Bertz CT molecular complexity index is 935. The van der Waals surface area contributed by atoms with Gasteiger partial charge in [-0.15, -0.1) is 0 Å². The summed E-state index contributed by atoms with van der Waals surface area (Å²) >= 11 is 3.34. The van der Waals surface area contributed by atoms with Crippen LogP contribution in [0.25, 0.3) is 10.9 Å². The van der Waals surface area contributed by atoms with Crippen LogP contribution in [0.1, 0.15) is 15.9 Å². The molecule has 1 aliphatic heterocycles. The molecule has 0 saturated carbocycles. The molecule has 2 aromatic heterocycles. The van der Waals surface area contributed by atoms with Crippen LogP contribution in [0.5, 0.6) is 11.5 Å². The van der Waals surface area contributed by atoms with E-state index in [1.807, 2.05) is 24.3 Å². The second kappa shape index (κ2) is 5.94. The fraction of sp³-hybridized carbons (Fsp3) is 0.222. The van der Waals surface area contributed by atoms with Gasteiger partial charge in [0, 0.05) is 23.3 Å². The van der Waals surface area contributed by atoms with Gasteiger partial charge in [-0.05, 0) is 52.2 Å². The first-order valence-corrected chi connectivity index (χ1v) is 8.41. The molecule has 0 spiro atoms. The largest absolute Gasteiger partial charge is 0.497 e. The Morgan fingerprint density at radius 3 is 3.12 bits per heavy atom. The normalized spacial score (nSPS) is 16.5. The number of nitrogens with one attached hydrogen (secondary N) is 1. The van der Waals surface area contributed by atoms with Crippen molar-refractivity contribution in [3.8, 4) is 11.5 Å². The zero-order valence-corrected chi connectivity index (χ0v) is 14.6. The van der Waals surface area contributed by atoms with Crippen molar-refractivity contribution in [3.05, 3.63) is 52.4 Å². The van der Waals surface area contributed by atoms with E-state index in [1.54, 1.807) is 19.5 Å². The molecule has 3 aromatic rings. The molecule has 1 unspecified atom stereocenters. The zero-order valence-electron chi connectivity index (χ0n) is 13.0. The average molecular weight is 387 g/mol. The Hall–Kier alpha value is -2.34. The summed E-state index contributed by atoms with van der Waals surface area (Å²) in [6.07, 6.45) is 4.11. The van der Waals surface area contributed by atoms with E-state index in [0.717, 1.165) is 32.6 Å². The SMILES string of the molecule is COc1ccc2c(c1)CC(C(=O)c1c[nH]c3cc(Br)ncc13)CO2. The summed E-state index contributed by atoms with van der Waals surface area (Å²) in [7, 11) is 1.63. The molecular weight excluding hydrogens is 372 g/mol. The Labute approximate surface area is 147 Å². The summed E-state index contributed by atoms with van der Waals surface area (Å²) in [6, 6.07) is 7.55. The highest BCUT2D eigenvalue weighted by Crippen LogP contribution is 2.33. The van der Waals surface area contributed by atoms with Gasteiger partial charge in [0.1, 0.15) is 16.1 Å². The number of benzene rings is 1. The first-order valence-electron chi connectivity index (χ1n) is 7.62. The van der Waals surface area contributed by atoms with Crippen molar-refractivity contribution in [3.63, 3.8) is 0 Å². The number of H-pyrrole nitrogens is 1. The molecule has 0 aliphatic carbocycles. The fourth-order valence-electron chi connectivity index (χ4n) is 3.08. The number of carbonyl (C=O) groups excluding carboxylic acids is 1. The highest BCUT2D eigenvalue weighted by molar-refractivity contribution is 9.10. The lowest BCUT2D eigenvalue weighted by Gasteiger charge is -2.24. The van der Waals surface area contributed by atoms with Crippen molar-refractivity contribution in [2.24, 2.45) is 5.92 Å². The molecule has 24 heavy (non-hydrogen) atoms. The van der Waals surface area contributed by atoms with Crippen LogP contribution in [0.3, 0.4) is 0 Å². The summed E-state index contributed by atoms with van der Waals surface area (Å²) in [4.78, 5) is 20.3. The van der Waals surface area contributed by atoms with Crippen molar-refractivity contribution >= 4 is 32.6 Å². The number of hydrogen-bond acceptors (Lipinski definition) is 4. The van der Waals surface area contributed by atoms with Gasteiger partial charge >= 0.3 is 0 Å². The van der Waals surface area contributed by atoms with Crippen LogP contribution in [0.15, 0.2) is 41.3 Å². The lowest BCUT2D eigenvalue weighted by Crippen LogP contribution is -2.28. The second-order valence-electron chi connectivity index (χ2n) is 5.80. The molecule has 4 rings (SSSR count). The number of hydrogen-bond donors (Lipinski definition) is 1. The van der Waals surface area contributed by atoms with Crippen molar-refractivity contribution in [1.29, 1.82) is 0 Å². The van der Waals surface area contributed by atoms with Gasteiger partial charge in [-0.1, -0.05) is 0 Å². The number of fused-ring (bicyclic) bond motifs is 2. The maximum atomic E-state index is 13.0. The van der Waals surface area contributed by atoms with Gasteiger partial charge < -0.3 is 14.5 Å². The molecule has 5 nitrogen and oxygen atoms in total. The summed E-state index contributed by atoms with van der Waals surface area (Å²) in [6.45, 7) is 0.384. The van der Waals surface area contributed by atoms with Gasteiger partial charge in [0.25, 0.3) is 0 Å². The zero-order chi connectivity index (χ0) is 16.7. The number of halogens is 1. The van der Waals surface area contributed by atoms with E-state index in [2.05, 4.69) is 25.9 Å². The standard InChI is InChI=1S/C18H15BrN2O3/c1-23-12-2-3-16-10(5-12)4-11(9-24-16)18(22)14-8-20-15-6-17(19)21-7-13(14)15/h2-3,5-8,11,20H,4,9H2,1H3. The molecule has 1 atom stereocenters. The third kappa shape index (κ3) is 2.57. The highest BCUT2D eigenvalue weighted by Gasteiger charge is 2.28. The fourth-order valence-corrected chi connectivity index (χ4v) is 3.41. The molecule has 1 N–H and O–H groups in total. The molecule has 6 heteroatoms. The maximum absolute atomic E-state index is 13.0. The van der Waals surface area contributed by atoms with Crippen LogP contribution in [0.4, 0.5) is 0 Å². The Kier molecular flexibility index (Phi) is 3.76. The number of carbonyl (C=O) groups is 1. The number of aromatic amines is 1. The summed E-state index contributed by atoms with van der Waals surface area (Å²) in [5.74, 6) is 1.45. The topological polar surface area (TPSA) is 64.2 Å². The monoisotopic (exact) mass is 386 g/mol. The van der Waals surface area contributed by atoms with Crippen LogP contribution in [0.2, 0.25) is 0 Å². The molecule has 3 heterocycles. The maximum Gasteiger partial charge on any atom is 0.171 e. The lowest BCUT2D eigenvalue weighted by molar-refractivity contribution is 0.0856. The molecular formula is C18H15BrN2O3. The van der Waals surface area contributed by atoms with Crippen LogP contribution >= 0.6 is 15.9 Å². The van der Waals surface area contributed by atoms with Crippen molar-refractivity contribution in [2.75, 3.05) is 13.7 Å². The first-order chi connectivity index (χ1) is 11.7. The number of Topliss-reactive ketones (excluding diaryl/α,β-unsaturated/α-hetero) is 1. The minimum Gasteiger partial charge on any atom is -0.497 e. The van der Waals surface area contributed by atoms with E-state index in [0.29, 0.717) is 18.6 Å². The molecule has 1 aromatic carbocycles. The van der Waals surface area contributed by atoms with Gasteiger partial charge in [-0.25, -0.2) is 4.98 Å². The number of methoxy groups -OCH3 is 1. The predicted octanol–water partition coefficient (Wildman–Crippen LogP) is 3.77. The highest BCUT2D eigenvalue weighted by atomic mass is 79.9. The Morgan fingerprint density at radius 2 is 2.29 bits per heavy atom. The molecule has 0 amide bonds. The third-order valence-electron chi connectivity index (χ3n) is 4.34. The second-order valence-corrected chi connectivity index (χ2v) is 6.62. The van der Waals surface area contributed by atoms with E-state index in [-0.39, 0.29) is 11.7 Å². The predicted molar refractivity (Wildman–Crippen MR) is 93.8 cm³/mol. The van der Waals surface area contributed by atoms with Crippen LogP contribution in [-0.2, 0) is 6.42 Å². The van der Waals surface area contributed by atoms with Crippen LogP contribution < -0.4 is 9.47 Å². The van der Waals surface area contributed by atoms with Gasteiger partial charge in [-0.3, -0.25) is 4.79 Å². The van der Waals surface area contributed by atoms with Crippen molar-refractivity contribution < 1.29 is 14.3 Å². The van der Waals surface area contributed by atoms with E-state index in [9.17, 15) is 4.79 Å². The number of aromatic nitrogens is 2. The molecule has 0 radical (unpaired) electrons. The summed E-state index contributed by atoms with van der Waals surface area (Å²) in [5, 5.41) is 0.833. The Balaban J connectivity index is 1.65. The van der Waals surface area contributed by atoms with Crippen molar-refractivity contribution in [2.45, 2.75) is 6.42 Å². The van der Waals surface area contributed by atoms with Gasteiger partial charge in [0.05, 0.1) is 25.2 Å². The molecule has 122 valence electrons.